The Morgan fingerprint density at radius 3 is 2.57 bits per heavy atom. The lowest BCUT2D eigenvalue weighted by molar-refractivity contribution is -0.386. The summed E-state index contributed by atoms with van der Waals surface area (Å²) in [6.45, 7) is -0.809. The minimum absolute atomic E-state index is 0.222. The van der Waals surface area contributed by atoms with Crippen molar-refractivity contribution in [3.8, 4) is 17.4 Å². The first-order valence-corrected chi connectivity index (χ1v) is 10.6. The molecule has 0 spiro atoms. The van der Waals surface area contributed by atoms with Crippen molar-refractivity contribution in [2.45, 2.75) is 25.3 Å². The number of nitro benzene ring substituents is 1. The second kappa shape index (κ2) is 13.1. The van der Waals surface area contributed by atoms with Crippen LogP contribution in [0, 0.1) is 10.1 Å². The summed E-state index contributed by atoms with van der Waals surface area (Å²) in [4.78, 5) is 33.0. The van der Waals surface area contributed by atoms with E-state index < -0.39 is 63.8 Å². The highest BCUT2D eigenvalue weighted by Gasteiger charge is 2.39. The van der Waals surface area contributed by atoms with E-state index in [2.05, 4.69) is 9.84 Å². The molecule has 0 amide bonds. The van der Waals surface area contributed by atoms with Gasteiger partial charge in [0.1, 0.15) is 24.0 Å². The van der Waals surface area contributed by atoms with Crippen LogP contribution in [0.4, 0.5) is 18.9 Å². The Bertz CT molecular complexity index is 1130. The van der Waals surface area contributed by atoms with Gasteiger partial charge in [-0.3, -0.25) is 19.6 Å². The molecule has 0 fully saturated rings. The number of nitro groups is 1. The molecule has 1 aromatic carbocycles. The molecule has 1 unspecified atom stereocenters. The molecular weight excluding hydrogens is 535 g/mol. The summed E-state index contributed by atoms with van der Waals surface area (Å²) in [6.07, 6.45) is -6.87. The maximum atomic E-state index is 13.2. The molecule has 13 nitrogen and oxygen atoms in total. The third-order valence-electron chi connectivity index (χ3n) is 4.34. The summed E-state index contributed by atoms with van der Waals surface area (Å²) in [5.74, 6) is -3.18. The zero-order chi connectivity index (χ0) is 27.8. The number of rotatable bonds is 14. The molecule has 0 radical (unpaired) electrons. The summed E-state index contributed by atoms with van der Waals surface area (Å²) in [5.41, 5.74) is -1.85. The molecular formula is C20H21ClF3N3O10. The lowest BCUT2D eigenvalue weighted by Crippen LogP contribution is -2.25. The van der Waals surface area contributed by atoms with Crippen molar-refractivity contribution in [1.29, 1.82) is 0 Å². The number of nitrogens with zero attached hydrogens (tertiary/aromatic N) is 3. The molecule has 1 N–H and O–H groups in total. The van der Waals surface area contributed by atoms with Gasteiger partial charge < -0.3 is 28.8 Å². The highest BCUT2D eigenvalue weighted by atomic mass is 35.5. The molecule has 1 atom stereocenters. The van der Waals surface area contributed by atoms with E-state index >= 15 is 0 Å². The molecule has 2 rings (SSSR count). The first-order valence-electron chi connectivity index (χ1n) is 10.2. The lowest BCUT2D eigenvalue weighted by atomic mass is 10.2. The standard InChI is InChI=1S/C20H21ClF3N3O10/c1-26-18(20(22,23)24)17(21)19(25-26)36-11-3-4-12(27(31)32)13(9-11)37-16(6-5-14(28)29)35-8-7-34-15(30)10-33-2/h3-4,9,16H,5-8,10H2,1-2H3,(H,28,29). The molecule has 204 valence electrons. The van der Waals surface area contributed by atoms with Crippen molar-refractivity contribution in [1.82, 2.24) is 9.78 Å². The van der Waals surface area contributed by atoms with E-state index in [0.717, 1.165) is 25.2 Å². The lowest BCUT2D eigenvalue weighted by Gasteiger charge is -2.19. The number of aliphatic carboxylic acids is 1. The predicted molar refractivity (Wildman–Crippen MR) is 116 cm³/mol. The van der Waals surface area contributed by atoms with E-state index in [1.54, 1.807) is 0 Å². The average molecular weight is 556 g/mol. The molecule has 0 saturated heterocycles. The number of benzene rings is 1. The number of methoxy groups -OCH3 is 1. The highest BCUT2D eigenvalue weighted by molar-refractivity contribution is 6.32. The van der Waals surface area contributed by atoms with Gasteiger partial charge in [0.05, 0.1) is 18.0 Å². The van der Waals surface area contributed by atoms with Crippen LogP contribution in [0.3, 0.4) is 0 Å². The molecule has 2 aromatic rings. The van der Waals surface area contributed by atoms with Gasteiger partial charge >= 0.3 is 23.8 Å². The Hall–Kier alpha value is -3.63. The van der Waals surface area contributed by atoms with Crippen molar-refractivity contribution in [2.75, 3.05) is 26.9 Å². The Kier molecular flexibility index (Phi) is 10.5. The Morgan fingerprint density at radius 2 is 2.00 bits per heavy atom. The van der Waals surface area contributed by atoms with Gasteiger partial charge in [0.15, 0.2) is 5.69 Å². The van der Waals surface area contributed by atoms with Gasteiger partial charge in [-0.1, -0.05) is 11.6 Å². The number of aryl methyl sites for hydroxylation is 1. The van der Waals surface area contributed by atoms with Crippen LogP contribution in [0.2, 0.25) is 5.02 Å². The van der Waals surface area contributed by atoms with Crippen LogP contribution in [-0.2, 0) is 37.0 Å². The van der Waals surface area contributed by atoms with Crippen LogP contribution in [0.5, 0.6) is 17.4 Å². The average Bonchev–Trinajstić information content (AvgIpc) is 3.07. The molecule has 1 heterocycles. The van der Waals surface area contributed by atoms with Gasteiger partial charge in [0.25, 0.3) is 5.88 Å². The zero-order valence-electron chi connectivity index (χ0n) is 19.3. The third kappa shape index (κ3) is 8.76. The van der Waals surface area contributed by atoms with Crippen LogP contribution in [-0.4, -0.2) is 65.0 Å². The second-order valence-corrected chi connectivity index (χ2v) is 7.46. The van der Waals surface area contributed by atoms with E-state index in [-0.39, 0.29) is 32.0 Å². The Morgan fingerprint density at radius 1 is 1.30 bits per heavy atom. The summed E-state index contributed by atoms with van der Waals surface area (Å²) < 4.78 is 65.5. The van der Waals surface area contributed by atoms with Crippen molar-refractivity contribution < 1.29 is 56.5 Å². The summed E-state index contributed by atoms with van der Waals surface area (Å²) in [7, 11) is 2.29. The number of carboxylic acids is 1. The van der Waals surface area contributed by atoms with Crippen molar-refractivity contribution in [3.63, 3.8) is 0 Å². The molecule has 0 aliphatic carbocycles. The zero-order valence-corrected chi connectivity index (χ0v) is 20.1. The number of aromatic nitrogens is 2. The highest BCUT2D eigenvalue weighted by Crippen LogP contribution is 2.41. The van der Waals surface area contributed by atoms with E-state index in [9.17, 15) is 32.9 Å². The number of hydrogen-bond acceptors (Lipinski definition) is 10. The first-order chi connectivity index (χ1) is 17.3. The minimum atomic E-state index is -4.82. The fourth-order valence-electron chi connectivity index (χ4n) is 2.82. The van der Waals surface area contributed by atoms with Crippen molar-refractivity contribution >= 4 is 29.2 Å². The number of ether oxygens (including phenoxy) is 5. The Labute approximate surface area is 211 Å². The predicted octanol–water partition coefficient (Wildman–Crippen LogP) is 3.57. The van der Waals surface area contributed by atoms with Crippen LogP contribution in [0.25, 0.3) is 0 Å². The summed E-state index contributed by atoms with van der Waals surface area (Å²) in [5, 5.41) is 23.2. The van der Waals surface area contributed by atoms with E-state index in [0.29, 0.717) is 4.68 Å². The third-order valence-corrected chi connectivity index (χ3v) is 4.68. The molecule has 0 bridgehead atoms. The number of carboxylic acid groups (broad SMARTS) is 1. The van der Waals surface area contributed by atoms with Crippen LogP contribution < -0.4 is 9.47 Å². The molecule has 0 aliphatic rings. The minimum Gasteiger partial charge on any atom is -0.481 e. The quantitative estimate of drug-likeness (QED) is 0.119. The van der Waals surface area contributed by atoms with Crippen molar-refractivity contribution in [2.24, 2.45) is 7.05 Å². The number of esters is 1. The maximum Gasteiger partial charge on any atom is 0.434 e. The second-order valence-electron chi connectivity index (χ2n) is 7.08. The van der Waals surface area contributed by atoms with E-state index in [1.807, 2.05) is 0 Å². The van der Waals surface area contributed by atoms with Gasteiger partial charge in [-0.2, -0.15) is 13.2 Å². The van der Waals surface area contributed by atoms with E-state index in [4.69, 9.17) is 35.7 Å². The Balaban J connectivity index is 2.25. The smallest absolute Gasteiger partial charge is 0.434 e. The van der Waals surface area contributed by atoms with Gasteiger partial charge in [0, 0.05) is 32.7 Å². The summed E-state index contributed by atoms with van der Waals surface area (Å²) >= 11 is 5.77. The number of carbonyl (C=O) groups is 2. The van der Waals surface area contributed by atoms with Crippen molar-refractivity contribution in [3.05, 3.63) is 39.0 Å². The SMILES string of the molecule is COCC(=O)OCCOC(CCC(=O)O)Oc1cc(Oc2nn(C)c(C(F)(F)F)c2Cl)ccc1[N+](=O)[O-]. The maximum absolute atomic E-state index is 13.2. The fourth-order valence-corrected chi connectivity index (χ4v) is 3.12. The van der Waals surface area contributed by atoms with Crippen LogP contribution in [0.1, 0.15) is 18.5 Å². The largest absolute Gasteiger partial charge is 0.481 e. The fraction of sp³-hybridized carbons (Fsp3) is 0.450. The van der Waals surface area contributed by atoms with Gasteiger partial charge in [-0.05, 0) is 6.07 Å². The normalized spacial score (nSPS) is 12.2. The summed E-state index contributed by atoms with van der Waals surface area (Å²) in [6, 6.07) is 3.00. The molecule has 37 heavy (non-hydrogen) atoms. The van der Waals surface area contributed by atoms with Crippen LogP contribution >= 0.6 is 11.6 Å². The van der Waals surface area contributed by atoms with E-state index in [1.165, 1.54) is 7.11 Å². The first kappa shape index (κ1) is 29.6. The van der Waals surface area contributed by atoms with Gasteiger partial charge in [0.2, 0.25) is 12.0 Å². The van der Waals surface area contributed by atoms with Gasteiger partial charge in [-0.25, -0.2) is 4.79 Å². The monoisotopic (exact) mass is 555 g/mol. The number of carbonyl (C=O) groups excluding carboxylic acids is 1. The van der Waals surface area contributed by atoms with Crippen LogP contribution in [0.15, 0.2) is 18.2 Å². The molecule has 1 aromatic heterocycles. The molecule has 0 aliphatic heterocycles. The molecule has 0 saturated carbocycles. The number of hydrogen-bond donors (Lipinski definition) is 1. The number of alkyl halides is 3. The topological polar surface area (TPSA) is 161 Å². The van der Waals surface area contributed by atoms with Gasteiger partial charge in [-0.15, -0.1) is 5.10 Å². The number of halogens is 4. The molecule has 17 heteroatoms.